The number of urea groups is 1. The summed E-state index contributed by atoms with van der Waals surface area (Å²) in [5, 5.41) is 2.23. The number of methoxy groups -OCH3 is 1. The number of aromatic nitrogens is 3. The first kappa shape index (κ1) is 32.1. The summed E-state index contributed by atoms with van der Waals surface area (Å²) in [4.78, 5) is 40.5. The van der Waals surface area contributed by atoms with Gasteiger partial charge in [-0.3, -0.25) is 4.79 Å². The highest BCUT2D eigenvalue weighted by molar-refractivity contribution is 6.06. The average Bonchev–Trinajstić information content (AvgIpc) is 3.81. The van der Waals surface area contributed by atoms with E-state index in [1.54, 1.807) is 23.2 Å². The van der Waals surface area contributed by atoms with Crippen LogP contribution in [0.5, 0.6) is 0 Å². The van der Waals surface area contributed by atoms with Crippen molar-refractivity contribution in [2.45, 2.75) is 31.8 Å². The van der Waals surface area contributed by atoms with Crippen molar-refractivity contribution < 1.29 is 14.3 Å². The highest BCUT2D eigenvalue weighted by atomic mass is 16.5. The summed E-state index contributed by atoms with van der Waals surface area (Å²) in [6, 6.07) is 24.7. The molecule has 1 fully saturated rings. The van der Waals surface area contributed by atoms with E-state index in [2.05, 4.69) is 63.2 Å². The molecule has 1 N–H and O–H groups in total. The van der Waals surface area contributed by atoms with E-state index in [4.69, 9.17) is 4.74 Å². The predicted octanol–water partition coefficient (Wildman–Crippen LogP) is 6.69. The summed E-state index contributed by atoms with van der Waals surface area (Å²) in [5.74, 6) is 0.359. The molecule has 9 heteroatoms. The van der Waals surface area contributed by atoms with E-state index in [1.165, 1.54) is 0 Å². The predicted molar refractivity (Wildman–Crippen MR) is 185 cm³/mol. The van der Waals surface area contributed by atoms with Crippen LogP contribution < -0.4 is 0 Å². The van der Waals surface area contributed by atoms with Gasteiger partial charge in [0.1, 0.15) is 0 Å². The van der Waals surface area contributed by atoms with Crippen molar-refractivity contribution in [2.24, 2.45) is 5.92 Å². The number of carbonyl (C=O) groups is 2. The number of piperidine rings is 1. The molecule has 1 saturated heterocycles. The molecule has 6 rings (SSSR count). The molecule has 1 unspecified atom stereocenters. The van der Waals surface area contributed by atoms with Crippen LogP contribution in [0.25, 0.3) is 21.9 Å². The van der Waals surface area contributed by atoms with E-state index < -0.39 is 0 Å². The molecule has 3 heterocycles. The van der Waals surface area contributed by atoms with Crippen molar-refractivity contribution in [1.82, 2.24) is 29.2 Å². The van der Waals surface area contributed by atoms with Crippen molar-refractivity contribution in [3.8, 4) is 11.1 Å². The lowest BCUT2D eigenvalue weighted by Crippen LogP contribution is -2.45. The Morgan fingerprint density at radius 2 is 1.68 bits per heavy atom. The third-order valence-electron chi connectivity index (χ3n) is 9.40. The number of H-pyrrole nitrogens is 1. The molecule has 3 amide bonds. The maximum absolute atomic E-state index is 14.0. The lowest BCUT2D eigenvalue weighted by Gasteiger charge is -2.36. The van der Waals surface area contributed by atoms with Gasteiger partial charge in [-0.2, -0.15) is 0 Å². The number of aromatic amines is 1. The van der Waals surface area contributed by atoms with E-state index in [1.807, 2.05) is 61.7 Å². The monoisotopic (exact) mass is 632 g/mol. The molecule has 3 aromatic carbocycles. The van der Waals surface area contributed by atoms with Crippen molar-refractivity contribution in [3.63, 3.8) is 0 Å². The third-order valence-corrected chi connectivity index (χ3v) is 9.40. The van der Waals surface area contributed by atoms with Crippen LogP contribution in [0.3, 0.4) is 0 Å². The number of ether oxygens (including phenoxy) is 1. The van der Waals surface area contributed by atoms with Crippen LogP contribution in [0.15, 0.2) is 97.7 Å². The van der Waals surface area contributed by atoms with Gasteiger partial charge < -0.3 is 29.0 Å². The van der Waals surface area contributed by atoms with Gasteiger partial charge >= 0.3 is 6.03 Å². The van der Waals surface area contributed by atoms with Gasteiger partial charge in [0.2, 0.25) is 0 Å². The number of likely N-dealkylation sites (tertiary alicyclic amines) is 1. The molecule has 0 bridgehead atoms. The first-order valence-electron chi connectivity index (χ1n) is 16.4. The fourth-order valence-corrected chi connectivity index (χ4v) is 6.74. The van der Waals surface area contributed by atoms with Crippen molar-refractivity contribution in [1.29, 1.82) is 0 Å². The van der Waals surface area contributed by atoms with Crippen LogP contribution in [-0.2, 0) is 11.3 Å². The second-order valence-corrected chi connectivity index (χ2v) is 12.6. The minimum Gasteiger partial charge on any atom is -0.383 e. The number of nitrogens with zero attached hydrogens (tertiary/aromatic N) is 5. The largest absolute Gasteiger partial charge is 0.383 e. The Balaban J connectivity index is 1.25. The smallest absolute Gasteiger partial charge is 0.320 e. The Bertz CT molecular complexity index is 1770. The second kappa shape index (κ2) is 14.7. The van der Waals surface area contributed by atoms with Crippen molar-refractivity contribution in [2.75, 3.05) is 47.4 Å². The van der Waals surface area contributed by atoms with Crippen LogP contribution in [0, 0.1) is 5.92 Å². The first-order chi connectivity index (χ1) is 22.9. The zero-order valence-corrected chi connectivity index (χ0v) is 27.5. The molecule has 2 aromatic heterocycles. The van der Waals surface area contributed by atoms with Gasteiger partial charge in [0, 0.05) is 65.3 Å². The molecule has 0 radical (unpaired) electrons. The number of carbonyl (C=O) groups excluding carboxylic acids is 2. The number of fused-ring (bicyclic) bond motifs is 1. The van der Waals surface area contributed by atoms with Gasteiger partial charge in [0.05, 0.1) is 36.4 Å². The third kappa shape index (κ3) is 7.25. The number of likely N-dealkylation sites (N-methyl/N-ethyl adjacent to an activating group) is 1. The molecule has 0 saturated carbocycles. The highest BCUT2D eigenvalue weighted by Crippen LogP contribution is 2.37. The lowest BCUT2D eigenvalue weighted by atomic mass is 9.89. The van der Waals surface area contributed by atoms with Crippen LogP contribution in [0.4, 0.5) is 4.79 Å². The second-order valence-electron chi connectivity index (χ2n) is 12.6. The van der Waals surface area contributed by atoms with E-state index >= 15 is 0 Å². The Labute approximate surface area is 276 Å². The van der Waals surface area contributed by atoms with E-state index in [0.29, 0.717) is 31.2 Å². The van der Waals surface area contributed by atoms with Crippen LogP contribution >= 0.6 is 0 Å². The summed E-state index contributed by atoms with van der Waals surface area (Å²) in [6.07, 6.45) is 10.4. The van der Waals surface area contributed by atoms with Crippen LogP contribution in [-0.4, -0.2) is 88.6 Å². The summed E-state index contributed by atoms with van der Waals surface area (Å²) >= 11 is 0. The SMILES string of the molecule is COCCN(C)C(=O)c1cn(C(CC2CCN(C(=O)N(C)Cc3ccccc3)CC2)c2cnc[nH]2)cc1-c1cccc2ccccc12. The lowest BCUT2D eigenvalue weighted by molar-refractivity contribution is 0.0745. The summed E-state index contributed by atoms with van der Waals surface area (Å²) in [5.41, 5.74) is 4.71. The number of imidazole rings is 1. The Morgan fingerprint density at radius 3 is 2.43 bits per heavy atom. The zero-order valence-electron chi connectivity index (χ0n) is 27.5. The standard InChI is InChI=1S/C38H44N6O3/c1-41(20-21-47-3)37(45)34-26-44(25-33(34)32-15-9-13-30-12-7-8-14-31(30)32)36(35-23-39-27-40-35)22-28-16-18-43(19-17-28)38(46)42(2)24-29-10-5-4-6-11-29/h4-15,23,25-28,36H,16-22,24H2,1-3H3,(H,39,40). The summed E-state index contributed by atoms with van der Waals surface area (Å²) < 4.78 is 7.46. The maximum Gasteiger partial charge on any atom is 0.320 e. The van der Waals surface area contributed by atoms with Crippen molar-refractivity contribution in [3.05, 3.63) is 115 Å². The number of hydrogen-bond acceptors (Lipinski definition) is 4. The van der Waals surface area contributed by atoms with E-state index in [0.717, 1.165) is 65.5 Å². The van der Waals surface area contributed by atoms with Crippen LogP contribution in [0.2, 0.25) is 0 Å². The Morgan fingerprint density at radius 1 is 0.936 bits per heavy atom. The number of benzene rings is 3. The molecule has 244 valence electrons. The van der Waals surface area contributed by atoms with Gasteiger partial charge in [0.15, 0.2) is 0 Å². The van der Waals surface area contributed by atoms with Crippen LogP contribution in [0.1, 0.15) is 46.9 Å². The summed E-state index contributed by atoms with van der Waals surface area (Å²) in [7, 11) is 5.35. The number of nitrogens with one attached hydrogen (secondary N) is 1. The average molecular weight is 633 g/mol. The van der Waals surface area contributed by atoms with Gasteiger partial charge in [-0.15, -0.1) is 0 Å². The summed E-state index contributed by atoms with van der Waals surface area (Å²) in [6.45, 7) is 3.00. The van der Waals surface area contributed by atoms with Gasteiger partial charge in [-0.25, -0.2) is 9.78 Å². The molecular weight excluding hydrogens is 588 g/mol. The molecule has 5 aromatic rings. The van der Waals surface area contributed by atoms with Gasteiger partial charge in [-0.05, 0) is 47.1 Å². The Hall–Kier alpha value is -4.89. The number of rotatable bonds is 11. The minimum absolute atomic E-state index is 0.0430. The fourth-order valence-electron chi connectivity index (χ4n) is 6.74. The quantitative estimate of drug-likeness (QED) is 0.176. The molecule has 47 heavy (non-hydrogen) atoms. The van der Waals surface area contributed by atoms with Gasteiger partial charge in [-0.1, -0.05) is 72.8 Å². The zero-order chi connectivity index (χ0) is 32.8. The molecule has 1 aliphatic rings. The highest BCUT2D eigenvalue weighted by Gasteiger charge is 2.30. The van der Waals surface area contributed by atoms with Crippen molar-refractivity contribution >= 4 is 22.7 Å². The minimum atomic E-state index is -0.0509. The normalized spacial score (nSPS) is 14.3. The topological polar surface area (TPSA) is 86.7 Å². The van der Waals surface area contributed by atoms with E-state index in [9.17, 15) is 9.59 Å². The molecular formula is C38H44N6O3. The fraction of sp³-hybridized carbons (Fsp3) is 0.342. The number of amides is 3. The van der Waals surface area contributed by atoms with E-state index in [-0.39, 0.29) is 18.0 Å². The number of hydrogen-bond donors (Lipinski definition) is 1. The molecule has 9 nitrogen and oxygen atoms in total. The molecule has 1 atom stereocenters. The molecule has 0 spiro atoms. The first-order valence-corrected chi connectivity index (χ1v) is 16.4. The van der Waals surface area contributed by atoms with Gasteiger partial charge in [0.25, 0.3) is 5.91 Å². The molecule has 0 aliphatic carbocycles. The Kier molecular flexibility index (Phi) is 10.0. The maximum atomic E-state index is 14.0. The molecule has 1 aliphatic heterocycles.